The minimum atomic E-state index is -0.908. The molecule has 1 atom stereocenters. The highest BCUT2D eigenvalue weighted by Crippen LogP contribution is 2.31. The van der Waals surface area contributed by atoms with Crippen molar-refractivity contribution >= 4 is 51.2 Å². The van der Waals surface area contributed by atoms with E-state index in [2.05, 4.69) is 20.3 Å². The SMILES string of the molecule is CC1=NN(c2nc(-c3ccccc3)cs2)C(=O)[C@H]1N=Nc1ccc(Cl)cc1C(=O)c1ccccc1. The third-order valence-electron chi connectivity index (χ3n) is 5.36. The summed E-state index contributed by atoms with van der Waals surface area (Å²) in [5, 5.41) is 16.9. The van der Waals surface area contributed by atoms with Gasteiger partial charge in [-0.1, -0.05) is 72.3 Å². The molecule has 172 valence electrons. The van der Waals surface area contributed by atoms with Crippen molar-refractivity contribution in [2.24, 2.45) is 15.3 Å². The van der Waals surface area contributed by atoms with Crippen LogP contribution in [-0.4, -0.2) is 28.4 Å². The topological polar surface area (TPSA) is 87.3 Å². The first-order valence-corrected chi connectivity index (χ1v) is 12.0. The summed E-state index contributed by atoms with van der Waals surface area (Å²) in [7, 11) is 0. The fourth-order valence-corrected chi connectivity index (χ4v) is 4.53. The van der Waals surface area contributed by atoms with Crippen LogP contribution in [0, 0.1) is 0 Å². The summed E-state index contributed by atoms with van der Waals surface area (Å²) < 4.78 is 0. The average Bonchev–Trinajstić information content (AvgIpc) is 3.48. The third kappa shape index (κ3) is 4.66. The Morgan fingerprint density at radius 2 is 1.74 bits per heavy atom. The molecule has 9 heteroatoms. The lowest BCUT2D eigenvalue weighted by Crippen LogP contribution is -2.29. The molecule has 4 aromatic rings. The quantitative estimate of drug-likeness (QED) is 0.222. The zero-order valence-corrected chi connectivity index (χ0v) is 20.1. The van der Waals surface area contributed by atoms with Crippen LogP contribution < -0.4 is 5.01 Å². The van der Waals surface area contributed by atoms with E-state index in [1.54, 1.807) is 49.4 Å². The van der Waals surface area contributed by atoms with Gasteiger partial charge in [0, 0.05) is 21.5 Å². The van der Waals surface area contributed by atoms with Gasteiger partial charge >= 0.3 is 0 Å². The van der Waals surface area contributed by atoms with Gasteiger partial charge in [0.1, 0.15) is 0 Å². The molecule has 2 heterocycles. The molecule has 0 aliphatic carbocycles. The second-order valence-corrected chi connectivity index (χ2v) is 9.02. The summed E-state index contributed by atoms with van der Waals surface area (Å²) in [4.78, 5) is 30.7. The summed E-state index contributed by atoms with van der Waals surface area (Å²) >= 11 is 7.47. The number of halogens is 1. The molecular weight excluding hydrogens is 482 g/mol. The number of carbonyl (C=O) groups is 2. The number of rotatable bonds is 6. The summed E-state index contributed by atoms with van der Waals surface area (Å²) in [6.07, 6.45) is 0. The van der Waals surface area contributed by atoms with Crippen LogP contribution in [0.5, 0.6) is 0 Å². The maximum absolute atomic E-state index is 13.1. The van der Waals surface area contributed by atoms with Gasteiger partial charge in [0.15, 0.2) is 11.8 Å². The first kappa shape index (κ1) is 22.8. The molecular formula is C26H18ClN5O2S. The van der Waals surface area contributed by atoms with Gasteiger partial charge in [-0.25, -0.2) is 4.98 Å². The predicted molar refractivity (Wildman–Crippen MR) is 138 cm³/mol. The Hall–Kier alpha value is -4.01. The van der Waals surface area contributed by atoms with Crippen LogP contribution in [0.4, 0.5) is 10.8 Å². The smallest absolute Gasteiger partial charge is 0.282 e. The van der Waals surface area contributed by atoms with Crippen LogP contribution in [0.1, 0.15) is 22.8 Å². The van der Waals surface area contributed by atoms with E-state index in [0.717, 1.165) is 11.3 Å². The molecule has 3 aromatic carbocycles. The molecule has 1 aliphatic heterocycles. The summed E-state index contributed by atoms with van der Waals surface area (Å²) in [5.41, 5.74) is 3.34. The number of nitrogens with zero attached hydrogens (tertiary/aromatic N) is 5. The second-order valence-electron chi connectivity index (χ2n) is 7.75. The third-order valence-corrected chi connectivity index (χ3v) is 6.41. The highest BCUT2D eigenvalue weighted by atomic mass is 35.5. The number of carbonyl (C=O) groups excluding carboxylic acids is 2. The number of azo groups is 1. The van der Waals surface area contributed by atoms with Crippen LogP contribution >= 0.6 is 22.9 Å². The Balaban J connectivity index is 1.39. The maximum Gasteiger partial charge on any atom is 0.282 e. The van der Waals surface area contributed by atoms with Crippen LogP contribution in [0.25, 0.3) is 11.3 Å². The van der Waals surface area contributed by atoms with Gasteiger partial charge in [-0.15, -0.1) is 11.3 Å². The van der Waals surface area contributed by atoms with Crippen LogP contribution in [0.2, 0.25) is 5.02 Å². The largest absolute Gasteiger partial charge is 0.289 e. The lowest BCUT2D eigenvalue weighted by Gasteiger charge is -2.09. The predicted octanol–water partition coefficient (Wildman–Crippen LogP) is 6.57. The van der Waals surface area contributed by atoms with Crippen molar-refractivity contribution in [3.05, 3.63) is 100 Å². The Morgan fingerprint density at radius 1 is 1.03 bits per heavy atom. The molecule has 0 N–H and O–H groups in total. The fraction of sp³-hybridized carbons (Fsp3) is 0.0769. The number of aromatic nitrogens is 1. The molecule has 0 saturated heterocycles. The van der Waals surface area contributed by atoms with Gasteiger partial charge in [-0.3, -0.25) is 9.59 Å². The molecule has 5 rings (SSSR count). The molecule has 0 spiro atoms. The lowest BCUT2D eigenvalue weighted by molar-refractivity contribution is -0.117. The van der Waals surface area contributed by atoms with Gasteiger partial charge in [0.05, 0.1) is 22.7 Å². The van der Waals surface area contributed by atoms with Crippen molar-refractivity contribution < 1.29 is 9.59 Å². The summed E-state index contributed by atoms with van der Waals surface area (Å²) in [5.74, 6) is -0.590. The number of amides is 1. The number of anilines is 1. The number of thiazole rings is 1. The van der Waals surface area contributed by atoms with Gasteiger partial charge in [0.2, 0.25) is 5.13 Å². The van der Waals surface area contributed by atoms with Gasteiger partial charge in [-0.05, 0) is 25.1 Å². The lowest BCUT2D eigenvalue weighted by atomic mass is 10.0. The normalized spacial score (nSPS) is 15.6. The zero-order valence-electron chi connectivity index (χ0n) is 18.5. The molecule has 0 unspecified atom stereocenters. The fourth-order valence-electron chi connectivity index (χ4n) is 3.57. The minimum absolute atomic E-state index is 0.233. The number of hydrogen-bond acceptors (Lipinski definition) is 7. The second kappa shape index (κ2) is 9.69. The first-order valence-electron chi connectivity index (χ1n) is 10.7. The Labute approximate surface area is 210 Å². The van der Waals surface area contributed by atoms with Crippen molar-refractivity contribution in [2.75, 3.05) is 5.01 Å². The molecule has 1 aliphatic rings. The van der Waals surface area contributed by atoms with Crippen LogP contribution in [0.15, 0.2) is 99.6 Å². The maximum atomic E-state index is 13.1. The summed E-state index contributed by atoms with van der Waals surface area (Å²) in [6.45, 7) is 1.71. The van der Waals surface area contributed by atoms with Crippen molar-refractivity contribution in [3.8, 4) is 11.3 Å². The van der Waals surface area contributed by atoms with E-state index in [0.29, 0.717) is 32.7 Å². The van der Waals surface area contributed by atoms with Gasteiger partial charge in [-0.2, -0.15) is 20.3 Å². The van der Waals surface area contributed by atoms with Crippen molar-refractivity contribution in [1.82, 2.24) is 4.98 Å². The van der Waals surface area contributed by atoms with E-state index in [4.69, 9.17) is 11.6 Å². The first-order chi connectivity index (χ1) is 17.0. The van der Waals surface area contributed by atoms with E-state index in [-0.39, 0.29) is 11.7 Å². The van der Waals surface area contributed by atoms with E-state index < -0.39 is 6.04 Å². The van der Waals surface area contributed by atoms with E-state index in [9.17, 15) is 9.59 Å². The van der Waals surface area contributed by atoms with E-state index >= 15 is 0 Å². The van der Waals surface area contributed by atoms with Gasteiger partial charge < -0.3 is 0 Å². The highest BCUT2D eigenvalue weighted by molar-refractivity contribution is 7.14. The van der Waals surface area contributed by atoms with Crippen LogP contribution in [-0.2, 0) is 4.79 Å². The minimum Gasteiger partial charge on any atom is -0.289 e. The number of hydrogen-bond donors (Lipinski definition) is 0. The number of ketones is 1. The Kier molecular flexibility index (Phi) is 6.31. The van der Waals surface area contributed by atoms with Crippen LogP contribution in [0.3, 0.4) is 0 Å². The molecule has 7 nitrogen and oxygen atoms in total. The van der Waals surface area contributed by atoms with E-state index in [1.807, 2.05) is 41.8 Å². The van der Waals surface area contributed by atoms with Gasteiger partial charge in [0.25, 0.3) is 5.91 Å². The van der Waals surface area contributed by atoms with Crippen molar-refractivity contribution in [3.63, 3.8) is 0 Å². The number of benzene rings is 3. The molecule has 0 fully saturated rings. The van der Waals surface area contributed by atoms with Crippen molar-refractivity contribution in [2.45, 2.75) is 13.0 Å². The standard InChI is InChI=1S/C26H18ClN5O2S/c1-16-23(25(34)32(31-16)26-28-22(15-35-26)17-8-4-2-5-9-17)30-29-21-13-12-19(27)14-20(21)24(33)18-10-6-3-7-11-18/h2-15,23H,1H3/t23-/m0/s1. The number of hydrazone groups is 1. The molecule has 1 aromatic heterocycles. The Bertz CT molecular complexity index is 1470. The molecule has 0 radical (unpaired) electrons. The average molecular weight is 500 g/mol. The summed E-state index contributed by atoms with van der Waals surface area (Å²) in [6, 6.07) is 22.4. The molecule has 1 amide bonds. The molecule has 0 saturated carbocycles. The Morgan fingerprint density at radius 3 is 2.49 bits per heavy atom. The highest BCUT2D eigenvalue weighted by Gasteiger charge is 2.36. The zero-order chi connectivity index (χ0) is 24.4. The molecule has 35 heavy (non-hydrogen) atoms. The molecule has 0 bridgehead atoms. The monoisotopic (exact) mass is 499 g/mol. The van der Waals surface area contributed by atoms with E-state index in [1.165, 1.54) is 16.3 Å². The van der Waals surface area contributed by atoms with Crippen molar-refractivity contribution in [1.29, 1.82) is 0 Å².